The van der Waals surface area contributed by atoms with Gasteiger partial charge in [0, 0.05) is 12.5 Å². The van der Waals surface area contributed by atoms with E-state index in [1.807, 2.05) is 6.92 Å². The number of amides is 1. The van der Waals surface area contributed by atoms with E-state index in [2.05, 4.69) is 15.4 Å². The Morgan fingerprint density at radius 3 is 2.84 bits per heavy atom. The Bertz CT molecular complexity index is 279. The normalized spacial score (nSPS) is 22.0. The van der Waals surface area contributed by atoms with Crippen LogP contribution in [0.15, 0.2) is 0 Å². The highest BCUT2D eigenvalue weighted by molar-refractivity contribution is 5.76. The van der Waals surface area contributed by atoms with Gasteiger partial charge in [-0.25, -0.2) is 0 Å². The number of nitrogens with one attached hydrogen (secondary N) is 2. The predicted octanol–water partition coefficient (Wildman–Crippen LogP) is 1.46. The highest BCUT2D eigenvalue weighted by atomic mass is 19.4. The number of carbonyl (C=O) groups excluding carboxylic acids is 1. The quantitative estimate of drug-likeness (QED) is 0.725. The first-order valence-corrected chi connectivity index (χ1v) is 6.53. The molecule has 2 atom stereocenters. The zero-order valence-electron chi connectivity index (χ0n) is 11.1. The lowest BCUT2D eigenvalue weighted by atomic mass is 9.93. The minimum absolute atomic E-state index is 0.0305. The van der Waals surface area contributed by atoms with Crippen LogP contribution in [0.2, 0.25) is 0 Å². The topological polar surface area (TPSA) is 50.4 Å². The second kappa shape index (κ2) is 7.69. The van der Waals surface area contributed by atoms with Gasteiger partial charge in [-0.15, -0.1) is 0 Å². The van der Waals surface area contributed by atoms with Gasteiger partial charge in [-0.05, 0) is 38.8 Å². The molecule has 0 aliphatic carbocycles. The number of hydrogen-bond donors (Lipinski definition) is 2. The van der Waals surface area contributed by atoms with Gasteiger partial charge in [-0.2, -0.15) is 13.2 Å². The summed E-state index contributed by atoms with van der Waals surface area (Å²) in [5.74, 6) is 0.119. The number of piperidine rings is 1. The van der Waals surface area contributed by atoms with E-state index in [-0.39, 0.29) is 25.0 Å². The Hall–Kier alpha value is -0.820. The van der Waals surface area contributed by atoms with E-state index in [0.717, 1.165) is 25.9 Å². The van der Waals surface area contributed by atoms with Crippen LogP contribution in [0.3, 0.4) is 0 Å². The first-order chi connectivity index (χ1) is 8.88. The molecule has 7 heteroatoms. The Balaban J connectivity index is 2.12. The van der Waals surface area contributed by atoms with Crippen LogP contribution >= 0.6 is 0 Å². The van der Waals surface area contributed by atoms with Crippen LogP contribution in [0.4, 0.5) is 13.2 Å². The zero-order valence-corrected chi connectivity index (χ0v) is 11.1. The molecular weight excluding hydrogens is 261 g/mol. The zero-order chi connectivity index (χ0) is 14.3. The summed E-state index contributed by atoms with van der Waals surface area (Å²) in [7, 11) is 0. The number of hydrogen-bond acceptors (Lipinski definition) is 3. The SMILES string of the molecule is CC(NC(=O)CCOCC(F)(F)F)C1CCCNC1. The predicted molar refractivity (Wildman–Crippen MR) is 64.7 cm³/mol. The van der Waals surface area contributed by atoms with Crippen molar-refractivity contribution < 1.29 is 22.7 Å². The van der Waals surface area contributed by atoms with E-state index >= 15 is 0 Å². The summed E-state index contributed by atoms with van der Waals surface area (Å²) >= 11 is 0. The summed E-state index contributed by atoms with van der Waals surface area (Å²) in [6, 6.07) is 0.0305. The maximum absolute atomic E-state index is 11.8. The molecule has 1 heterocycles. The van der Waals surface area contributed by atoms with Gasteiger partial charge in [0.1, 0.15) is 6.61 Å². The molecule has 0 bridgehead atoms. The second-order valence-electron chi connectivity index (χ2n) is 4.88. The largest absolute Gasteiger partial charge is 0.411 e. The number of alkyl halides is 3. The van der Waals surface area contributed by atoms with Crippen LogP contribution in [0.1, 0.15) is 26.2 Å². The van der Waals surface area contributed by atoms with Crippen LogP contribution in [0, 0.1) is 5.92 Å². The maximum atomic E-state index is 11.8. The van der Waals surface area contributed by atoms with Crippen molar-refractivity contribution in [3.63, 3.8) is 0 Å². The molecule has 1 rings (SSSR count). The van der Waals surface area contributed by atoms with E-state index in [1.165, 1.54) is 0 Å². The molecule has 4 nitrogen and oxygen atoms in total. The number of halogens is 3. The molecule has 0 spiro atoms. The lowest BCUT2D eigenvalue weighted by molar-refractivity contribution is -0.174. The average molecular weight is 282 g/mol. The standard InChI is InChI=1S/C12H21F3N2O2/c1-9(10-3-2-5-16-7-10)17-11(18)4-6-19-8-12(13,14)15/h9-10,16H,2-8H2,1H3,(H,17,18). The Morgan fingerprint density at radius 1 is 1.53 bits per heavy atom. The molecule has 1 saturated heterocycles. The molecule has 1 aliphatic heterocycles. The fraction of sp³-hybridized carbons (Fsp3) is 0.917. The highest BCUT2D eigenvalue weighted by Gasteiger charge is 2.27. The molecule has 1 aliphatic rings. The van der Waals surface area contributed by atoms with Gasteiger partial charge >= 0.3 is 6.18 Å². The van der Waals surface area contributed by atoms with Crippen molar-refractivity contribution in [3.05, 3.63) is 0 Å². The molecule has 112 valence electrons. The lowest BCUT2D eigenvalue weighted by Gasteiger charge is -2.28. The molecule has 2 N–H and O–H groups in total. The van der Waals surface area contributed by atoms with Crippen molar-refractivity contribution in [1.29, 1.82) is 0 Å². The third kappa shape index (κ3) is 7.37. The van der Waals surface area contributed by atoms with Gasteiger partial charge in [0.05, 0.1) is 6.61 Å². The van der Waals surface area contributed by atoms with Gasteiger partial charge < -0.3 is 15.4 Å². The lowest BCUT2D eigenvalue weighted by Crippen LogP contribution is -2.44. The van der Waals surface area contributed by atoms with Gasteiger partial charge in [0.25, 0.3) is 0 Å². The molecule has 0 radical (unpaired) electrons. The van der Waals surface area contributed by atoms with E-state index in [0.29, 0.717) is 5.92 Å². The van der Waals surface area contributed by atoms with E-state index < -0.39 is 12.8 Å². The van der Waals surface area contributed by atoms with Crippen molar-refractivity contribution in [1.82, 2.24) is 10.6 Å². The van der Waals surface area contributed by atoms with Gasteiger partial charge in [0.15, 0.2) is 0 Å². The van der Waals surface area contributed by atoms with Gasteiger partial charge in [-0.1, -0.05) is 0 Å². The van der Waals surface area contributed by atoms with Crippen molar-refractivity contribution in [2.45, 2.75) is 38.4 Å². The van der Waals surface area contributed by atoms with E-state index in [4.69, 9.17) is 0 Å². The third-order valence-electron chi connectivity index (χ3n) is 3.17. The van der Waals surface area contributed by atoms with Crippen LogP contribution in [0.25, 0.3) is 0 Å². The second-order valence-corrected chi connectivity index (χ2v) is 4.88. The average Bonchev–Trinajstić information content (AvgIpc) is 2.34. The molecule has 1 amide bonds. The maximum Gasteiger partial charge on any atom is 0.411 e. The van der Waals surface area contributed by atoms with E-state index in [9.17, 15) is 18.0 Å². The molecule has 0 aromatic rings. The van der Waals surface area contributed by atoms with Gasteiger partial charge in [0.2, 0.25) is 5.91 Å². The van der Waals surface area contributed by atoms with Crippen LogP contribution in [0.5, 0.6) is 0 Å². The molecule has 0 aromatic heterocycles. The first-order valence-electron chi connectivity index (χ1n) is 6.53. The van der Waals surface area contributed by atoms with Crippen molar-refractivity contribution >= 4 is 5.91 Å². The van der Waals surface area contributed by atoms with Crippen LogP contribution < -0.4 is 10.6 Å². The summed E-state index contributed by atoms with van der Waals surface area (Å²) in [6.07, 6.45) is -2.24. The fourth-order valence-electron chi connectivity index (χ4n) is 2.10. The summed E-state index contributed by atoms with van der Waals surface area (Å²) in [5, 5.41) is 6.06. The fourth-order valence-corrected chi connectivity index (χ4v) is 2.10. The minimum Gasteiger partial charge on any atom is -0.372 e. The first kappa shape index (κ1) is 16.2. The monoisotopic (exact) mass is 282 g/mol. The Morgan fingerprint density at radius 2 is 2.26 bits per heavy atom. The molecule has 1 fully saturated rings. The van der Waals surface area contributed by atoms with Crippen LogP contribution in [-0.2, 0) is 9.53 Å². The number of rotatable bonds is 6. The highest BCUT2D eigenvalue weighted by Crippen LogP contribution is 2.15. The minimum atomic E-state index is -4.34. The molecule has 19 heavy (non-hydrogen) atoms. The Kier molecular flexibility index (Phi) is 6.57. The third-order valence-corrected chi connectivity index (χ3v) is 3.17. The number of ether oxygens (including phenoxy) is 1. The summed E-state index contributed by atoms with van der Waals surface area (Å²) in [6.45, 7) is 2.28. The van der Waals surface area contributed by atoms with Gasteiger partial charge in [-0.3, -0.25) is 4.79 Å². The summed E-state index contributed by atoms with van der Waals surface area (Å²) < 4.78 is 39.8. The Labute approximate surface area is 111 Å². The molecular formula is C12H21F3N2O2. The van der Waals surface area contributed by atoms with Crippen molar-refractivity contribution in [2.24, 2.45) is 5.92 Å². The van der Waals surface area contributed by atoms with Crippen molar-refractivity contribution in [2.75, 3.05) is 26.3 Å². The summed E-state index contributed by atoms with van der Waals surface area (Å²) in [4.78, 5) is 11.5. The molecule has 0 saturated carbocycles. The molecule has 2 unspecified atom stereocenters. The summed E-state index contributed by atoms with van der Waals surface area (Å²) in [5.41, 5.74) is 0. The van der Waals surface area contributed by atoms with Crippen molar-refractivity contribution in [3.8, 4) is 0 Å². The van der Waals surface area contributed by atoms with E-state index in [1.54, 1.807) is 0 Å². The molecule has 0 aromatic carbocycles. The number of carbonyl (C=O) groups is 1. The smallest absolute Gasteiger partial charge is 0.372 e. The van der Waals surface area contributed by atoms with Crippen LogP contribution in [-0.4, -0.2) is 44.4 Å².